The molecule has 1 unspecified atom stereocenters. The van der Waals surface area contributed by atoms with Crippen LogP contribution >= 0.6 is 0 Å². The van der Waals surface area contributed by atoms with Gasteiger partial charge >= 0.3 is 5.97 Å². The standard InChI is InChI=1S/C23H42O2/c1-4-7-8-9-10-11-12-13-14-15-16-17-18-19-20-21-22(5-2)25-23(24)6-3/h5-6,22H,2-4,7-21H2,1H3. The van der Waals surface area contributed by atoms with Gasteiger partial charge in [-0.25, -0.2) is 4.79 Å². The van der Waals surface area contributed by atoms with Crippen molar-refractivity contribution in [2.24, 2.45) is 0 Å². The van der Waals surface area contributed by atoms with Crippen LogP contribution in [0.15, 0.2) is 25.3 Å². The van der Waals surface area contributed by atoms with Crippen LogP contribution in [0.1, 0.15) is 110 Å². The molecule has 0 aromatic carbocycles. The van der Waals surface area contributed by atoms with Gasteiger partial charge in [0.25, 0.3) is 0 Å². The molecule has 25 heavy (non-hydrogen) atoms. The second-order valence-electron chi connectivity index (χ2n) is 7.15. The van der Waals surface area contributed by atoms with Crippen LogP contribution in [0.25, 0.3) is 0 Å². The van der Waals surface area contributed by atoms with Crippen molar-refractivity contribution in [2.45, 2.75) is 116 Å². The summed E-state index contributed by atoms with van der Waals surface area (Å²) in [7, 11) is 0. The molecular weight excluding hydrogens is 308 g/mol. The molecule has 0 radical (unpaired) electrons. The molecule has 0 rings (SSSR count). The minimum absolute atomic E-state index is 0.160. The average molecular weight is 351 g/mol. The summed E-state index contributed by atoms with van der Waals surface area (Å²) in [5, 5.41) is 0. The summed E-state index contributed by atoms with van der Waals surface area (Å²) < 4.78 is 5.19. The summed E-state index contributed by atoms with van der Waals surface area (Å²) >= 11 is 0. The van der Waals surface area contributed by atoms with Crippen molar-refractivity contribution >= 4 is 5.97 Å². The Bertz CT molecular complexity index is 322. The maximum atomic E-state index is 11.2. The van der Waals surface area contributed by atoms with Crippen LogP contribution in [0.3, 0.4) is 0 Å². The lowest BCUT2D eigenvalue weighted by Crippen LogP contribution is -2.13. The van der Waals surface area contributed by atoms with E-state index < -0.39 is 0 Å². The van der Waals surface area contributed by atoms with Gasteiger partial charge in [-0.05, 0) is 12.8 Å². The zero-order valence-electron chi connectivity index (χ0n) is 16.8. The quantitative estimate of drug-likeness (QED) is 0.104. The van der Waals surface area contributed by atoms with Crippen LogP contribution in [-0.4, -0.2) is 12.1 Å². The summed E-state index contributed by atoms with van der Waals surface area (Å²) in [6, 6.07) is 0. The zero-order valence-corrected chi connectivity index (χ0v) is 16.8. The van der Waals surface area contributed by atoms with E-state index in [1.807, 2.05) is 0 Å². The fourth-order valence-electron chi connectivity index (χ4n) is 3.14. The molecule has 0 fully saturated rings. The van der Waals surface area contributed by atoms with E-state index in [2.05, 4.69) is 20.1 Å². The third kappa shape index (κ3) is 17.6. The molecule has 2 heteroatoms. The largest absolute Gasteiger partial charge is 0.455 e. The van der Waals surface area contributed by atoms with E-state index in [1.165, 1.54) is 96.0 Å². The Kier molecular flexibility index (Phi) is 18.5. The minimum Gasteiger partial charge on any atom is -0.455 e. The Morgan fingerprint density at radius 2 is 1.16 bits per heavy atom. The first kappa shape index (κ1) is 23.9. The lowest BCUT2D eigenvalue weighted by Gasteiger charge is -2.12. The van der Waals surface area contributed by atoms with Crippen LogP contribution < -0.4 is 0 Å². The SMILES string of the molecule is C=CC(=O)OC(C=C)CCCCCCCCCCCCCCCCC. The van der Waals surface area contributed by atoms with Gasteiger partial charge in [-0.2, -0.15) is 0 Å². The van der Waals surface area contributed by atoms with E-state index in [0.717, 1.165) is 12.8 Å². The molecule has 0 heterocycles. The first-order chi connectivity index (χ1) is 12.2. The van der Waals surface area contributed by atoms with Crippen molar-refractivity contribution in [3.8, 4) is 0 Å². The van der Waals surface area contributed by atoms with Gasteiger partial charge in [0.15, 0.2) is 0 Å². The number of hydrogen-bond donors (Lipinski definition) is 0. The molecule has 0 aliphatic rings. The summed E-state index contributed by atoms with van der Waals surface area (Å²) in [5.41, 5.74) is 0. The molecule has 146 valence electrons. The highest BCUT2D eigenvalue weighted by Gasteiger charge is 2.07. The van der Waals surface area contributed by atoms with Gasteiger partial charge in [0.2, 0.25) is 0 Å². The Morgan fingerprint density at radius 1 is 0.760 bits per heavy atom. The van der Waals surface area contributed by atoms with Crippen LogP contribution in [0.5, 0.6) is 0 Å². The molecule has 0 N–H and O–H groups in total. The number of carbonyl (C=O) groups excluding carboxylic acids is 1. The van der Waals surface area contributed by atoms with E-state index >= 15 is 0 Å². The van der Waals surface area contributed by atoms with E-state index in [1.54, 1.807) is 6.08 Å². The zero-order chi connectivity index (χ0) is 18.6. The van der Waals surface area contributed by atoms with Gasteiger partial charge in [0, 0.05) is 6.08 Å². The third-order valence-corrected chi connectivity index (χ3v) is 4.79. The van der Waals surface area contributed by atoms with Gasteiger partial charge in [0.05, 0.1) is 0 Å². The van der Waals surface area contributed by atoms with Crippen LogP contribution in [0.2, 0.25) is 0 Å². The summed E-state index contributed by atoms with van der Waals surface area (Å²) in [6.07, 6.45) is 24.1. The van der Waals surface area contributed by atoms with Crippen molar-refractivity contribution in [3.63, 3.8) is 0 Å². The van der Waals surface area contributed by atoms with Gasteiger partial charge in [-0.1, -0.05) is 116 Å². The van der Waals surface area contributed by atoms with Crippen LogP contribution in [0.4, 0.5) is 0 Å². The number of ether oxygens (including phenoxy) is 1. The molecule has 0 aromatic rings. The molecular formula is C23H42O2. The number of rotatable bonds is 19. The lowest BCUT2D eigenvalue weighted by atomic mass is 10.0. The Morgan fingerprint density at radius 3 is 1.52 bits per heavy atom. The molecule has 0 aromatic heterocycles. The topological polar surface area (TPSA) is 26.3 Å². The predicted octanol–water partition coefficient (Wildman–Crippen LogP) is 7.53. The smallest absolute Gasteiger partial charge is 0.330 e. The highest BCUT2D eigenvalue weighted by atomic mass is 16.5. The predicted molar refractivity (Wildman–Crippen MR) is 110 cm³/mol. The van der Waals surface area contributed by atoms with Crippen molar-refractivity contribution in [1.29, 1.82) is 0 Å². The van der Waals surface area contributed by atoms with Crippen molar-refractivity contribution < 1.29 is 9.53 Å². The fourth-order valence-corrected chi connectivity index (χ4v) is 3.14. The van der Waals surface area contributed by atoms with Gasteiger partial charge in [-0.3, -0.25) is 0 Å². The second kappa shape index (κ2) is 19.3. The average Bonchev–Trinajstić information content (AvgIpc) is 2.63. The molecule has 1 atom stereocenters. The first-order valence-corrected chi connectivity index (χ1v) is 10.7. The normalized spacial score (nSPS) is 11.9. The number of esters is 1. The van der Waals surface area contributed by atoms with Crippen LogP contribution in [-0.2, 0) is 9.53 Å². The Labute approximate surface area is 157 Å². The van der Waals surface area contributed by atoms with Crippen LogP contribution in [0, 0.1) is 0 Å². The first-order valence-electron chi connectivity index (χ1n) is 10.7. The third-order valence-electron chi connectivity index (χ3n) is 4.79. The van der Waals surface area contributed by atoms with E-state index in [4.69, 9.17) is 4.74 Å². The highest BCUT2D eigenvalue weighted by molar-refractivity contribution is 5.81. The molecule has 0 aliphatic carbocycles. The van der Waals surface area contributed by atoms with Gasteiger partial charge in [-0.15, -0.1) is 0 Å². The summed E-state index contributed by atoms with van der Waals surface area (Å²) in [5.74, 6) is -0.356. The molecule has 0 amide bonds. The van der Waals surface area contributed by atoms with E-state index in [9.17, 15) is 4.79 Å². The molecule has 2 nitrogen and oxygen atoms in total. The summed E-state index contributed by atoms with van der Waals surface area (Å²) in [6.45, 7) is 9.42. The van der Waals surface area contributed by atoms with Gasteiger partial charge in [0.1, 0.15) is 6.10 Å². The molecule has 0 aliphatic heterocycles. The fraction of sp³-hybridized carbons (Fsp3) is 0.783. The second-order valence-corrected chi connectivity index (χ2v) is 7.15. The van der Waals surface area contributed by atoms with Gasteiger partial charge < -0.3 is 4.74 Å². The number of hydrogen-bond acceptors (Lipinski definition) is 2. The van der Waals surface area contributed by atoms with E-state index in [-0.39, 0.29) is 12.1 Å². The molecule has 0 saturated heterocycles. The minimum atomic E-state index is -0.356. The van der Waals surface area contributed by atoms with Crippen molar-refractivity contribution in [2.75, 3.05) is 0 Å². The maximum Gasteiger partial charge on any atom is 0.330 e. The molecule has 0 bridgehead atoms. The Balaban J connectivity index is 3.24. The lowest BCUT2D eigenvalue weighted by molar-refractivity contribution is -0.141. The number of unbranched alkanes of at least 4 members (excludes halogenated alkanes) is 14. The monoisotopic (exact) mass is 350 g/mol. The highest BCUT2D eigenvalue weighted by Crippen LogP contribution is 2.14. The van der Waals surface area contributed by atoms with Crippen molar-refractivity contribution in [1.82, 2.24) is 0 Å². The Hall–Kier alpha value is -1.05. The maximum absolute atomic E-state index is 11.2. The molecule has 0 spiro atoms. The summed E-state index contributed by atoms with van der Waals surface area (Å²) in [4.78, 5) is 11.2. The van der Waals surface area contributed by atoms with E-state index in [0.29, 0.717) is 0 Å². The van der Waals surface area contributed by atoms with Crippen molar-refractivity contribution in [3.05, 3.63) is 25.3 Å². The number of carbonyl (C=O) groups is 1. The molecule has 0 saturated carbocycles.